The lowest BCUT2D eigenvalue weighted by Gasteiger charge is -2.52. The lowest BCUT2D eigenvalue weighted by Crippen LogP contribution is -2.49. The van der Waals surface area contributed by atoms with Gasteiger partial charge in [0.15, 0.2) is 0 Å². The van der Waals surface area contributed by atoms with E-state index in [2.05, 4.69) is 16.0 Å². The molecule has 1 saturated heterocycles. The number of rotatable bonds is 6. The van der Waals surface area contributed by atoms with E-state index in [-0.39, 0.29) is 23.2 Å². The van der Waals surface area contributed by atoms with Crippen LogP contribution in [0.2, 0.25) is 5.02 Å². The summed E-state index contributed by atoms with van der Waals surface area (Å²) in [6.07, 6.45) is 5.93. The molecule has 7 nitrogen and oxygen atoms in total. The first-order valence-corrected chi connectivity index (χ1v) is 11.8. The molecule has 1 spiro atoms. The number of nitrogens with one attached hydrogen (secondary N) is 1. The molecule has 34 heavy (non-hydrogen) atoms. The van der Waals surface area contributed by atoms with Crippen molar-refractivity contribution in [2.45, 2.75) is 38.6 Å². The van der Waals surface area contributed by atoms with Gasteiger partial charge in [0.1, 0.15) is 23.7 Å². The van der Waals surface area contributed by atoms with Crippen molar-refractivity contribution in [1.82, 2.24) is 4.90 Å². The molecular weight excluding hydrogens is 450 g/mol. The zero-order valence-corrected chi connectivity index (χ0v) is 19.7. The van der Waals surface area contributed by atoms with Gasteiger partial charge in [0.2, 0.25) is 0 Å². The fourth-order valence-electron chi connectivity index (χ4n) is 5.19. The number of hydrogen-bond donors (Lipinski definition) is 3. The maximum atomic E-state index is 10.8. The molecule has 1 aliphatic heterocycles. The van der Waals surface area contributed by atoms with Gasteiger partial charge in [-0.1, -0.05) is 17.7 Å². The van der Waals surface area contributed by atoms with Gasteiger partial charge < -0.3 is 20.5 Å². The van der Waals surface area contributed by atoms with Crippen molar-refractivity contribution in [3.8, 4) is 11.8 Å². The number of nitrogens with zero attached hydrogens (tertiary/aromatic N) is 3. The number of aldehydes is 1. The molecule has 1 saturated carbocycles. The van der Waals surface area contributed by atoms with Crippen molar-refractivity contribution in [1.29, 1.82) is 10.7 Å². The van der Waals surface area contributed by atoms with Crippen LogP contribution in [-0.2, 0) is 11.3 Å². The van der Waals surface area contributed by atoms with E-state index in [1.54, 1.807) is 30.3 Å². The van der Waals surface area contributed by atoms with E-state index in [0.29, 0.717) is 40.3 Å². The van der Waals surface area contributed by atoms with Crippen molar-refractivity contribution in [2.24, 2.45) is 22.1 Å². The topological polar surface area (TPSA) is 127 Å². The minimum absolute atomic E-state index is 0.00398. The first kappa shape index (κ1) is 23.8. The van der Waals surface area contributed by atoms with Crippen LogP contribution >= 0.6 is 11.6 Å². The predicted molar refractivity (Wildman–Crippen MR) is 132 cm³/mol. The third-order valence-corrected chi connectivity index (χ3v) is 7.44. The molecule has 8 heteroatoms. The standard InChI is InChI=1S/C26H28ClN5O2/c27-22-12-18(2-4-23(22)34)16-31-24(29)21-11-17(15-28)1-3-20(21)25(30)32-8-6-26(7-9-32)13-19(14-26)5-10-33/h1-4,10-12,19,30,34H,5-9,13-14,16H2,(H2,29,31). The summed E-state index contributed by atoms with van der Waals surface area (Å²) in [6.45, 7) is 1.83. The Kier molecular flexibility index (Phi) is 6.90. The highest BCUT2D eigenvalue weighted by atomic mass is 35.5. The molecule has 0 unspecified atom stereocenters. The number of hydrogen-bond acceptors (Lipinski definition) is 5. The molecule has 2 fully saturated rings. The molecule has 4 N–H and O–H groups in total. The van der Waals surface area contributed by atoms with Crippen LogP contribution in [0.25, 0.3) is 0 Å². The van der Waals surface area contributed by atoms with E-state index >= 15 is 0 Å². The third-order valence-electron chi connectivity index (χ3n) is 7.14. The number of halogens is 1. The summed E-state index contributed by atoms with van der Waals surface area (Å²) in [7, 11) is 0. The maximum absolute atomic E-state index is 10.8. The summed E-state index contributed by atoms with van der Waals surface area (Å²) in [5, 5.41) is 28.1. The number of carbonyl (C=O) groups is 1. The number of phenolic OH excluding ortho intramolecular Hbond substituents is 1. The SMILES string of the molecule is N#Cc1ccc(C(=N)N2CCC3(CC2)CC(CC=O)C3)c(C(N)=NCc2ccc(O)c(Cl)c2)c1. The minimum atomic E-state index is 0.00398. The Hall–Kier alpha value is -3.37. The van der Waals surface area contributed by atoms with Crippen LogP contribution in [0, 0.1) is 28.1 Å². The highest BCUT2D eigenvalue weighted by molar-refractivity contribution is 6.32. The molecule has 0 atom stereocenters. The molecule has 1 heterocycles. The molecule has 4 rings (SSSR count). The van der Waals surface area contributed by atoms with E-state index in [4.69, 9.17) is 22.7 Å². The molecule has 0 bridgehead atoms. The summed E-state index contributed by atoms with van der Waals surface area (Å²) in [4.78, 5) is 17.3. The van der Waals surface area contributed by atoms with Crippen molar-refractivity contribution < 1.29 is 9.90 Å². The summed E-state index contributed by atoms with van der Waals surface area (Å²) < 4.78 is 0. The number of carbonyl (C=O) groups excluding carboxylic acids is 1. The van der Waals surface area contributed by atoms with Gasteiger partial charge in [-0.2, -0.15) is 5.26 Å². The number of phenols is 1. The fraction of sp³-hybridized carbons (Fsp3) is 0.385. The average molecular weight is 478 g/mol. The summed E-state index contributed by atoms with van der Waals surface area (Å²) in [5.41, 5.74) is 9.10. The summed E-state index contributed by atoms with van der Waals surface area (Å²) >= 11 is 5.98. The molecule has 0 aromatic heterocycles. The van der Waals surface area contributed by atoms with E-state index in [9.17, 15) is 15.2 Å². The Morgan fingerprint density at radius 2 is 2.00 bits per heavy atom. The Morgan fingerprint density at radius 1 is 1.26 bits per heavy atom. The zero-order chi connectivity index (χ0) is 24.3. The predicted octanol–water partition coefficient (Wildman–Crippen LogP) is 4.23. The van der Waals surface area contributed by atoms with Crippen LogP contribution in [0.5, 0.6) is 5.75 Å². The molecule has 176 valence electrons. The van der Waals surface area contributed by atoms with Crippen molar-refractivity contribution in [3.05, 3.63) is 63.7 Å². The number of piperidine rings is 1. The monoisotopic (exact) mass is 477 g/mol. The molecule has 2 aromatic carbocycles. The third kappa shape index (κ3) is 4.92. The van der Waals surface area contributed by atoms with Gasteiger partial charge in [0.05, 0.1) is 23.2 Å². The Morgan fingerprint density at radius 3 is 2.65 bits per heavy atom. The molecule has 2 aromatic rings. The number of aliphatic imine (C=N–C) groups is 1. The minimum Gasteiger partial charge on any atom is -0.506 e. The van der Waals surface area contributed by atoms with Crippen LogP contribution in [0.1, 0.15) is 54.4 Å². The molecule has 0 radical (unpaired) electrons. The summed E-state index contributed by atoms with van der Waals surface area (Å²) in [5.74, 6) is 1.14. The number of aromatic hydroxyl groups is 1. The lowest BCUT2D eigenvalue weighted by atomic mass is 9.57. The first-order valence-electron chi connectivity index (χ1n) is 11.4. The van der Waals surface area contributed by atoms with Gasteiger partial charge in [0, 0.05) is 30.6 Å². The Balaban J connectivity index is 1.50. The van der Waals surface area contributed by atoms with Gasteiger partial charge in [0.25, 0.3) is 0 Å². The van der Waals surface area contributed by atoms with E-state index in [1.807, 2.05) is 0 Å². The normalized spacial score (nSPS) is 17.8. The number of likely N-dealkylation sites (tertiary alicyclic amines) is 1. The lowest BCUT2D eigenvalue weighted by molar-refractivity contribution is -0.111. The maximum Gasteiger partial charge on any atom is 0.134 e. The molecule has 1 aliphatic carbocycles. The van der Waals surface area contributed by atoms with E-state index < -0.39 is 0 Å². The second-order valence-electron chi connectivity index (χ2n) is 9.37. The zero-order valence-electron chi connectivity index (χ0n) is 18.9. The second-order valence-corrected chi connectivity index (χ2v) is 9.78. The number of nitriles is 1. The Labute approximate surface area is 204 Å². The number of benzene rings is 2. The van der Waals surface area contributed by atoms with E-state index in [0.717, 1.165) is 50.6 Å². The largest absolute Gasteiger partial charge is 0.506 e. The average Bonchev–Trinajstić information content (AvgIpc) is 2.83. The van der Waals surface area contributed by atoms with Gasteiger partial charge in [-0.05, 0) is 72.9 Å². The van der Waals surface area contributed by atoms with Gasteiger partial charge in [-0.3, -0.25) is 10.4 Å². The molecule has 2 aliphatic rings. The smallest absolute Gasteiger partial charge is 0.134 e. The van der Waals surface area contributed by atoms with Crippen molar-refractivity contribution in [3.63, 3.8) is 0 Å². The van der Waals surface area contributed by atoms with Crippen LogP contribution in [0.3, 0.4) is 0 Å². The van der Waals surface area contributed by atoms with Crippen molar-refractivity contribution in [2.75, 3.05) is 13.1 Å². The van der Waals surface area contributed by atoms with Crippen molar-refractivity contribution >= 4 is 29.6 Å². The van der Waals surface area contributed by atoms with E-state index in [1.165, 1.54) is 6.07 Å². The number of nitrogens with two attached hydrogens (primary N) is 1. The van der Waals surface area contributed by atoms with Crippen LogP contribution < -0.4 is 5.73 Å². The molecule has 0 amide bonds. The quantitative estimate of drug-likeness (QED) is 0.326. The highest BCUT2D eigenvalue weighted by Gasteiger charge is 2.45. The fourth-order valence-corrected chi connectivity index (χ4v) is 5.40. The first-order chi connectivity index (χ1) is 16.3. The highest BCUT2D eigenvalue weighted by Crippen LogP contribution is 2.53. The van der Waals surface area contributed by atoms with Crippen LogP contribution in [0.15, 0.2) is 41.4 Å². The molecular formula is C26H28ClN5O2. The van der Waals surface area contributed by atoms with Gasteiger partial charge in [-0.25, -0.2) is 0 Å². The van der Waals surface area contributed by atoms with Crippen LogP contribution in [-0.4, -0.2) is 41.1 Å². The Bertz CT molecular complexity index is 1170. The van der Waals surface area contributed by atoms with Crippen LogP contribution in [0.4, 0.5) is 0 Å². The second kappa shape index (κ2) is 9.86. The van der Waals surface area contributed by atoms with Gasteiger partial charge >= 0.3 is 0 Å². The summed E-state index contributed by atoms with van der Waals surface area (Å²) in [6, 6.07) is 12.1. The number of amidine groups is 2. The van der Waals surface area contributed by atoms with Gasteiger partial charge in [-0.15, -0.1) is 0 Å².